The third-order valence-corrected chi connectivity index (χ3v) is 7.21. The Bertz CT molecular complexity index is 1130. The number of aromatic nitrogens is 3. The number of benzene rings is 1. The average Bonchev–Trinajstić information content (AvgIpc) is 3.59. The van der Waals surface area contributed by atoms with Gasteiger partial charge in [0.2, 0.25) is 5.91 Å². The molecular formula is C24H28N6O2S. The number of nitrogens with zero attached hydrogens (tertiary/aromatic N) is 6. The summed E-state index contributed by atoms with van der Waals surface area (Å²) in [6.45, 7) is 7.77. The zero-order chi connectivity index (χ0) is 22.9. The van der Waals surface area contributed by atoms with Gasteiger partial charge in [-0.05, 0) is 32.0 Å². The molecule has 0 bridgehead atoms. The highest BCUT2D eigenvalue weighted by Crippen LogP contribution is 2.30. The summed E-state index contributed by atoms with van der Waals surface area (Å²) in [7, 11) is 0. The van der Waals surface area contributed by atoms with E-state index in [9.17, 15) is 9.59 Å². The van der Waals surface area contributed by atoms with Crippen molar-refractivity contribution in [2.24, 2.45) is 0 Å². The van der Waals surface area contributed by atoms with E-state index >= 15 is 0 Å². The standard InChI is InChI=1S/C24H28N6O2S/c1-17(2)30-21(6-7-26-30)18-4-3-5-19(14-18)29-16-20(15-22(29)31)27-9-11-28(12-10-27)24(32)23-25-8-13-33-23/h3-8,13-14,17,20H,9-12,15-16H2,1-2H3. The zero-order valence-electron chi connectivity index (χ0n) is 18.9. The second-order valence-electron chi connectivity index (χ2n) is 8.83. The molecule has 0 aliphatic carbocycles. The van der Waals surface area contributed by atoms with Crippen LogP contribution in [0.15, 0.2) is 48.1 Å². The van der Waals surface area contributed by atoms with E-state index in [2.05, 4.69) is 41.0 Å². The molecule has 0 saturated carbocycles. The lowest BCUT2D eigenvalue weighted by atomic mass is 10.1. The lowest BCUT2D eigenvalue weighted by molar-refractivity contribution is -0.117. The fraction of sp³-hybridized carbons (Fsp3) is 0.417. The molecule has 172 valence electrons. The summed E-state index contributed by atoms with van der Waals surface area (Å²) in [4.78, 5) is 35.8. The summed E-state index contributed by atoms with van der Waals surface area (Å²) in [5.41, 5.74) is 3.04. The first-order valence-electron chi connectivity index (χ1n) is 11.4. The molecule has 9 heteroatoms. The highest BCUT2D eigenvalue weighted by atomic mass is 32.1. The second-order valence-corrected chi connectivity index (χ2v) is 9.73. The molecule has 1 unspecified atom stereocenters. The maximum absolute atomic E-state index is 12.9. The van der Waals surface area contributed by atoms with Crippen molar-refractivity contribution in [2.75, 3.05) is 37.6 Å². The summed E-state index contributed by atoms with van der Waals surface area (Å²) in [6.07, 6.45) is 3.99. The molecule has 3 aromatic rings. The maximum Gasteiger partial charge on any atom is 0.282 e. The molecule has 1 atom stereocenters. The molecule has 0 radical (unpaired) electrons. The highest BCUT2D eigenvalue weighted by molar-refractivity contribution is 7.11. The largest absolute Gasteiger partial charge is 0.334 e. The average molecular weight is 465 g/mol. The van der Waals surface area contributed by atoms with Crippen molar-refractivity contribution in [1.29, 1.82) is 0 Å². The Morgan fingerprint density at radius 3 is 2.67 bits per heavy atom. The molecule has 2 aromatic heterocycles. The van der Waals surface area contributed by atoms with Gasteiger partial charge in [-0.15, -0.1) is 11.3 Å². The quantitative estimate of drug-likeness (QED) is 0.580. The summed E-state index contributed by atoms with van der Waals surface area (Å²) < 4.78 is 2.00. The lowest BCUT2D eigenvalue weighted by Gasteiger charge is -2.37. The van der Waals surface area contributed by atoms with E-state index in [4.69, 9.17) is 0 Å². The van der Waals surface area contributed by atoms with Crippen LogP contribution in [0.2, 0.25) is 0 Å². The number of anilines is 1. The number of amides is 2. The van der Waals surface area contributed by atoms with Crippen molar-refractivity contribution < 1.29 is 9.59 Å². The first kappa shape index (κ1) is 21.8. The number of hydrogen-bond donors (Lipinski definition) is 0. The maximum atomic E-state index is 12.9. The smallest absolute Gasteiger partial charge is 0.282 e. The second kappa shape index (κ2) is 9.07. The number of carbonyl (C=O) groups is 2. The Morgan fingerprint density at radius 1 is 1.12 bits per heavy atom. The Morgan fingerprint density at radius 2 is 1.94 bits per heavy atom. The van der Waals surface area contributed by atoms with Gasteiger partial charge >= 0.3 is 0 Å². The summed E-state index contributed by atoms with van der Waals surface area (Å²) in [6, 6.07) is 10.6. The van der Waals surface area contributed by atoms with E-state index in [1.165, 1.54) is 11.3 Å². The Labute approximate surface area is 197 Å². The van der Waals surface area contributed by atoms with Crippen LogP contribution in [0.5, 0.6) is 0 Å². The number of hydrogen-bond acceptors (Lipinski definition) is 6. The highest BCUT2D eigenvalue weighted by Gasteiger charge is 2.36. The van der Waals surface area contributed by atoms with Gasteiger partial charge < -0.3 is 9.80 Å². The van der Waals surface area contributed by atoms with Crippen molar-refractivity contribution in [3.05, 3.63) is 53.1 Å². The van der Waals surface area contributed by atoms with Crippen molar-refractivity contribution >= 4 is 28.8 Å². The van der Waals surface area contributed by atoms with Crippen LogP contribution in [0.4, 0.5) is 5.69 Å². The number of piperazine rings is 1. The molecule has 0 spiro atoms. The first-order chi connectivity index (χ1) is 16.0. The molecule has 2 aliphatic heterocycles. The molecule has 4 heterocycles. The van der Waals surface area contributed by atoms with Crippen LogP contribution in [0.1, 0.15) is 36.1 Å². The summed E-state index contributed by atoms with van der Waals surface area (Å²) in [5, 5.41) is 6.81. The zero-order valence-corrected chi connectivity index (χ0v) is 19.7. The predicted octanol–water partition coefficient (Wildman–Crippen LogP) is 3.15. The van der Waals surface area contributed by atoms with Crippen LogP contribution in [0, 0.1) is 0 Å². The topological polar surface area (TPSA) is 74.6 Å². The predicted molar refractivity (Wildman–Crippen MR) is 128 cm³/mol. The minimum atomic E-state index is 0.00577. The van der Waals surface area contributed by atoms with Gasteiger partial charge in [0.15, 0.2) is 5.01 Å². The normalized spacial score (nSPS) is 19.6. The van der Waals surface area contributed by atoms with Crippen molar-refractivity contribution in [3.63, 3.8) is 0 Å². The van der Waals surface area contributed by atoms with E-state index in [1.807, 2.05) is 44.3 Å². The Balaban J connectivity index is 1.25. The minimum absolute atomic E-state index is 0.00577. The monoisotopic (exact) mass is 464 g/mol. The van der Waals surface area contributed by atoms with Crippen LogP contribution in [0.3, 0.4) is 0 Å². The fourth-order valence-electron chi connectivity index (χ4n) is 4.72. The molecule has 5 rings (SSSR count). The van der Waals surface area contributed by atoms with Gasteiger partial charge in [-0.2, -0.15) is 5.10 Å². The van der Waals surface area contributed by atoms with E-state index in [0.29, 0.717) is 31.1 Å². The molecule has 33 heavy (non-hydrogen) atoms. The Hall–Kier alpha value is -3.04. The van der Waals surface area contributed by atoms with Crippen LogP contribution in [-0.2, 0) is 4.79 Å². The van der Waals surface area contributed by atoms with E-state index < -0.39 is 0 Å². The molecule has 2 fully saturated rings. The van der Waals surface area contributed by atoms with Crippen LogP contribution in [0.25, 0.3) is 11.3 Å². The molecule has 2 amide bonds. The molecule has 2 saturated heterocycles. The van der Waals surface area contributed by atoms with Gasteiger partial charge in [0.05, 0.1) is 5.69 Å². The Kier molecular flexibility index (Phi) is 5.99. The summed E-state index contributed by atoms with van der Waals surface area (Å²) >= 11 is 1.38. The van der Waals surface area contributed by atoms with Gasteiger partial charge in [0.1, 0.15) is 0 Å². The molecular weight excluding hydrogens is 436 g/mol. The van der Waals surface area contributed by atoms with Crippen LogP contribution in [-0.4, -0.2) is 75.1 Å². The van der Waals surface area contributed by atoms with Gasteiger partial charge in [0.25, 0.3) is 5.91 Å². The van der Waals surface area contributed by atoms with Gasteiger partial charge in [-0.1, -0.05) is 12.1 Å². The molecule has 1 aromatic carbocycles. The van der Waals surface area contributed by atoms with Gasteiger partial charge in [-0.25, -0.2) is 4.98 Å². The van der Waals surface area contributed by atoms with Crippen LogP contribution >= 0.6 is 11.3 Å². The summed E-state index contributed by atoms with van der Waals surface area (Å²) in [5.74, 6) is 0.155. The van der Waals surface area contributed by atoms with Crippen molar-refractivity contribution in [1.82, 2.24) is 24.6 Å². The van der Waals surface area contributed by atoms with E-state index in [0.717, 1.165) is 30.0 Å². The molecule has 8 nitrogen and oxygen atoms in total. The van der Waals surface area contributed by atoms with Gasteiger partial charge in [0, 0.05) is 80.3 Å². The molecule has 2 aliphatic rings. The van der Waals surface area contributed by atoms with Crippen LogP contribution < -0.4 is 4.90 Å². The first-order valence-corrected chi connectivity index (χ1v) is 12.3. The number of rotatable bonds is 5. The van der Waals surface area contributed by atoms with Gasteiger partial charge in [-0.3, -0.25) is 19.2 Å². The lowest BCUT2D eigenvalue weighted by Crippen LogP contribution is -2.52. The third-order valence-electron chi connectivity index (χ3n) is 6.45. The molecule has 0 N–H and O–H groups in total. The number of thiazole rings is 1. The van der Waals surface area contributed by atoms with Crippen molar-refractivity contribution in [3.8, 4) is 11.3 Å². The van der Waals surface area contributed by atoms with Crippen molar-refractivity contribution in [2.45, 2.75) is 32.4 Å². The third kappa shape index (κ3) is 4.30. The fourth-order valence-corrected chi connectivity index (χ4v) is 5.33. The van der Waals surface area contributed by atoms with E-state index in [-0.39, 0.29) is 23.9 Å². The SMILES string of the molecule is CC(C)n1nccc1-c1cccc(N2CC(N3CCN(C(=O)c4nccs4)CC3)CC2=O)c1. The number of carbonyl (C=O) groups excluding carboxylic acids is 2. The van der Waals surface area contributed by atoms with E-state index in [1.54, 1.807) is 6.20 Å². The minimum Gasteiger partial charge on any atom is -0.334 e.